The zero-order valence-electron chi connectivity index (χ0n) is 18.8. The van der Waals surface area contributed by atoms with Gasteiger partial charge in [0, 0.05) is 30.7 Å². The molecule has 0 N–H and O–H groups in total. The number of allylic oxidation sites excluding steroid dienone is 4. The monoisotopic (exact) mass is 566 g/mol. The first-order valence-corrected chi connectivity index (χ1v) is 10.4. The average molecular weight is 566 g/mol. The van der Waals surface area contributed by atoms with Gasteiger partial charge in [0.15, 0.2) is 34.9 Å². The molecule has 0 aromatic heterocycles. The number of hydrogen-bond donors (Lipinski definition) is 0. The fraction of sp³-hybridized carbons (Fsp3) is 0.0833. The van der Waals surface area contributed by atoms with Crippen molar-refractivity contribution in [1.29, 1.82) is 0 Å². The van der Waals surface area contributed by atoms with E-state index in [1.807, 2.05) is 0 Å². The second-order valence-electron chi connectivity index (χ2n) is 7.91. The first kappa shape index (κ1) is 29.9. The molecule has 2 radical (unpaired) electrons. The van der Waals surface area contributed by atoms with E-state index in [1.54, 1.807) is 0 Å². The molecule has 0 fully saturated rings. The van der Waals surface area contributed by atoms with Gasteiger partial charge in [-0.15, -0.1) is 0 Å². The van der Waals surface area contributed by atoms with Crippen LogP contribution in [-0.4, -0.2) is 20.1 Å². The molecule has 0 saturated heterocycles. The maximum absolute atomic E-state index is 14.1. The molecule has 4 rings (SSSR count). The Morgan fingerprint density at radius 1 is 0.538 bits per heavy atom. The molecule has 0 amide bonds. The predicted octanol–water partition coefficient (Wildman–Crippen LogP) is 5.37. The minimum Gasteiger partial charge on any atom is -0.249 e. The number of hydrogen-bond acceptors (Lipinski definition) is 0. The molecule has 0 saturated carbocycles. The number of benzene rings is 3. The second-order valence-corrected chi connectivity index (χ2v) is 7.91. The Balaban J connectivity index is 0.000000216. The van der Waals surface area contributed by atoms with Crippen LogP contribution in [0.15, 0.2) is 48.3 Å². The lowest BCUT2D eigenvalue weighted by Crippen LogP contribution is -2.41. The fourth-order valence-corrected chi connectivity index (χ4v) is 3.29. The van der Waals surface area contributed by atoms with Crippen molar-refractivity contribution in [2.24, 2.45) is 0 Å². The van der Waals surface area contributed by atoms with Crippen LogP contribution in [0.3, 0.4) is 0 Å². The van der Waals surface area contributed by atoms with Crippen molar-refractivity contribution in [3.63, 3.8) is 0 Å². The summed E-state index contributed by atoms with van der Waals surface area (Å²) in [7, 11) is 0.681. The highest BCUT2D eigenvalue weighted by Crippen LogP contribution is 2.27. The molecule has 0 nitrogen and oxygen atoms in total. The summed E-state index contributed by atoms with van der Waals surface area (Å²) < 4.78 is 171. The lowest BCUT2D eigenvalue weighted by Gasteiger charge is -2.22. The predicted molar refractivity (Wildman–Crippen MR) is 116 cm³/mol. The summed E-state index contributed by atoms with van der Waals surface area (Å²) >= 11 is 0. The maximum atomic E-state index is 14.1. The van der Waals surface area contributed by atoms with Crippen LogP contribution < -0.4 is 16.4 Å². The third kappa shape index (κ3) is 6.69. The lowest BCUT2D eigenvalue weighted by atomic mass is 9.54. The quantitative estimate of drug-likeness (QED) is 0.173. The zero-order chi connectivity index (χ0) is 29.2. The maximum Gasteiger partial charge on any atom is 0.215 e. The molecule has 1 aliphatic rings. The van der Waals surface area contributed by atoms with Crippen molar-refractivity contribution in [2.75, 3.05) is 0 Å². The third-order valence-electron chi connectivity index (χ3n) is 5.11. The Hall–Kier alpha value is -3.64. The van der Waals surface area contributed by atoms with E-state index in [0.717, 1.165) is 18.2 Å². The molecule has 1 unspecified atom stereocenters. The summed E-state index contributed by atoms with van der Waals surface area (Å²) in [6.07, 6.45) is 2.13. The van der Waals surface area contributed by atoms with Crippen LogP contribution in [0.1, 0.15) is 6.42 Å². The molecule has 0 aliphatic heterocycles. The number of alkyl halides is 1. The summed E-state index contributed by atoms with van der Waals surface area (Å²) in [6.45, 7) is 0. The largest absolute Gasteiger partial charge is 0.249 e. The minimum absolute atomic E-state index is 0.0313. The van der Waals surface area contributed by atoms with E-state index in [2.05, 4.69) is 0 Å². The van der Waals surface area contributed by atoms with E-state index in [0.29, 0.717) is 7.28 Å². The molecule has 39 heavy (non-hydrogen) atoms. The Labute approximate surface area is 212 Å². The van der Waals surface area contributed by atoms with Gasteiger partial charge in [0.1, 0.15) is 40.5 Å². The Morgan fingerprint density at radius 2 is 1.00 bits per heavy atom. The second kappa shape index (κ2) is 11.6. The lowest BCUT2D eigenvalue weighted by molar-refractivity contribution is 0.315. The number of rotatable bonds is 4. The van der Waals surface area contributed by atoms with Gasteiger partial charge in [0.2, 0.25) is 14.6 Å². The standard InChI is InChI=1S/C12H3BF7.C12H6BF6/c14-4-1-5(15)9(6(16)2-4)13-10-7(17)3-8(18)11(19)12(10)20;14-6-2-1-3-12(19,5-6)13-9-7(15)4-8(16)10(17)11(9)18/h1-3H;1-4H,5H2. The molecule has 15 heteroatoms. The number of halogens is 13. The third-order valence-corrected chi connectivity index (χ3v) is 5.11. The highest BCUT2D eigenvalue weighted by molar-refractivity contribution is 6.67. The molecule has 1 atom stereocenters. The van der Waals surface area contributed by atoms with Gasteiger partial charge in [-0.25, -0.2) is 57.1 Å². The van der Waals surface area contributed by atoms with E-state index in [1.165, 1.54) is 0 Å². The van der Waals surface area contributed by atoms with Crippen molar-refractivity contribution in [2.45, 2.75) is 12.0 Å². The smallest absolute Gasteiger partial charge is 0.215 e. The highest BCUT2D eigenvalue weighted by Gasteiger charge is 2.35. The van der Waals surface area contributed by atoms with Gasteiger partial charge in [-0.3, -0.25) is 0 Å². The zero-order valence-corrected chi connectivity index (χ0v) is 18.8. The van der Waals surface area contributed by atoms with Crippen molar-refractivity contribution < 1.29 is 57.1 Å². The summed E-state index contributed by atoms with van der Waals surface area (Å²) in [5, 5.41) is 0. The van der Waals surface area contributed by atoms with Crippen LogP contribution in [0, 0.1) is 64.0 Å². The van der Waals surface area contributed by atoms with E-state index in [-0.39, 0.29) is 31.5 Å². The Bertz CT molecular complexity index is 1460. The molecule has 0 bridgehead atoms. The van der Waals surface area contributed by atoms with Crippen molar-refractivity contribution >= 4 is 30.9 Å². The molecular formula is C24H9B2F13. The summed E-state index contributed by atoms with van der Waals surface area (Å²) in [5.74, 6) is -19.1. The topological polar surface area (TPSA) is 0 Å². The van der Waals surface area contributed by atoms with Gasteiger partial charge < -0.3 is 0 Å². The van der Waals surface area contributed by atoms with Crippen molar-refractivity contribution in [1.82, 2.24) is 0 Å². The minimum atomic E-state index is -2.50. The van der Waals surface area contributed by atoms with Crippen LogP contribution in [0.5, 0.6) is 0 Å². The Kier molecular flexibility index (Phi) is 8.91. The van der Waals surface area contributed by atoms with Gasteiger partial charge in [-0.2, -0.15) is 0 Å². The van der Waals surface area contributed by atoms with Gasteiger partial charge in [0.25, 0.3) is 0 Å². The molecule has 202 valence electrons. The first-order valence-electron chi connectivity index (χ1n) is 10.4. The summed E-state index contributed by atoms with van der Waals surface area (Å²) in [4.78, 5) is 0. The normalized spacial score (nSPS) is 16.4. The van der Waals surface area contributed by atoms with Crippen molar-refractivity contribution in [3.05, 3.63) is 112 Å². The Morgan fingerprint density at radius 3 is 1.51 bits per heavy atom. The van der Waals surface area contributed by atoms with Crippen LogP contribution in [0.2, 0.25) is 0 Å². The van der Waals surface area contributed by atoms with Crippen LogP contribution in [-0.2, 0) is 0 Å². The first-order chi connectivity index (χ1) is 18.1. The van der Waals surface area contributed by atoms with E-state index < -0.39 is 98.2 Å². The van der Waals surface area contributed by atoms with E-state index >= 15 is 0 Å². The van der Waals surface area contributed by atoms with Gasteiger partial charge >= 0.3 is 0 Å². The van der Waals surface area contributed by atoms with E-state index in [4.69, 9.17) is 0 Å². The van der Waals surface area contributed by atoms with Gasteiger partial charge in [-0.05, 0) is 22.5 Å². The molecule has 3 aromatic rings. The summed E-state index contributed by atoms with van der Waals surface area (Å²) in [6, 6.07) is 0.700. The van der Waals surface area contributed by atoms with Crippen LogP contribution in [0.25, 0.3) is 0 Å². The molecule has 1 aliphatic carbocycles. The average Bonchev–Trinajstić information content (AvgIpc) is 2.83. The van der Waals surface area contributed by atoms with Gasteiger partial charge in [0.05, 0.1) is 0 Å². The SMILES string of the molecule is FC1=CC=CC(F)([B]c2c(F)cc(F)c(F)c2F)C1.Fc1cc(F)c([B]c2c(F)cc(F)c(F)c2F)c(F)c1. The van der Waals surface area contributed by atoms with Crippen LogP contribution in [0.4, 0.5) is 57.1 Å². The molecule has 0 heterocycles. The van der Waals surface area contributed by atoms with Crippen LogP contribution >= 0.6 is 0 Å². The molecule has 0 spiro atoms. The van der Waals surface area contributed by atoms with E-state index in [9.17, 15) is 57.1 Å². The fourth-order valence-electron chi connectivity index (χ4n) is 3.29. The highest BCUT2D eigenvalue weighted by atomic mass is 19.2. The molecule has 3 aromatic carbocycles. The summed E-state index contributed by atoms with van der Waals surface area (Å²) in [5.41, 5.74) is -5.71. The molecular weight excluding hydrogens is 557 g/mol. The van der Waals surface area contributed by atoms with Gasteiger partial charge in [-0.1, -0.05) is 12.2 Å². The van der Waals surface area contributed by atoms with Crippen molar-refractivity contribution in [3.8, 4) is 0 Å².